The highest BCUT2D eigenvalue weighted by atomic mass is 32.2. The highest BCUT2D eigenvalue weighted by molar-refractivity contribution is 8.00. The van der Waals surface area contributed by atoms with Crippen LogP contribution in [0, 0.1) is 35.5 Å². The third kappa shape index (κ3) is 26.2. The van der Waals surface area contributed by atoms with Gasteiger partial charge in [0.15, 0.2) is 29.3 Å². The van der Waals surface area contributed by atoms with Gasteiger partial charge in [-0.3, -0.25) is 53.3 Å². The van der Waals surface area contributed by atoms with E-state index in [9.17, 15) is 53.4 Å². The van der Waals surface area contributed by atoms with E-state index in [0.29, 0.717) is 44.1 Å². The van der Waals surface area contributed by atoms with Gasteiger partial charge in [0.2, 0.25) is 41.4 Å². The number of allylic oxidation sites excluding steroid dienone is 2. The number of nitrogens with one attached hydrogen (secondary N) is 7. The van der Waals surface area contributed by atoms with Crippen molar-refractivity contribution in [3.8, 4) is 0 Å². The molecule has 1 fully saturated rings. The zero-order valence-electron chi connectivity index (χ0n) is 59.7. The minimum Gasteiger partial charge on any atom is -0.392 e. The third-order valence-corrected chi connectivity index (χ3v) is 18.7. The minimum absolute atomic E-state index is 0.00992. The van der Waals surface area contributed by atoms with Crippen molar-refractivity contribution in [2.75, 3.05) is 61.1 Å². The first-order valence-electron chi connectivity index (χ1n) is 32.9. The molecular weight excluding hydrogens is 1200 g/mol. The predicted octanol–water partition coefficient (Wildman–Crippen LogP) is 4.14. The third-order valence-electron chi connectivity index (χ3n) is 17.2. The molecule has 11 atom stereocenters. The van der Waals surface area contributed by atoms with Gasteiger partial charge >= 0.3 is 6.03 Å². The molecule has 0 saturated heterocycles. The van der Waals surface area contributed by atoms with E-state index in [1.165, 1.54) is 82.5 Å². The van der Waals surface area contributed by atoms with Gasteiger partial charge in [0.25, 0.3) is 5.91 Å². The molecule has 1 rings (SSSR count). The maximum Gasteiger partial charge on any atom is 0.319 e. The van der Waals surface area contributed by atoms with Crippen LogP contribution in [-0.4, -0.2) is 226 Å². The van der Waals surface area contributed by atoms with Crippen molar-refractivity contribution in [3.05, 3.63) is 12.2 Å². The van der Waals surface area contributed by atoms with Crippen molar-refractivity contribution >= 4 is 77.6 Å². The zero-order chi connectivity index (χ0) is 71.0. The van der Waals surface area contributed by atoms with Crippen LogP contribution < -0.4 is 37.2 Å². The quantitative estimate of drug-likeness (QED) is 0.0235. The first kappa shape index (κ1) is 84.3. The SMILES string of the molecule is CC=CCC(C)C(O)CC(=O)NC(CC)C(=O)N(C)C(SCC1(NCC)CC1)C(=O)N(C)C(C=O)(CC(C)(C)O)NC(C(=O)N(C)C(CC(C)C)C(=O)NC(C)(C=O)NC(=O)N(C)C(CC(C)C)C(=O)NCCC(C)CCC(=O)N(C)C(C(=O)NC)C(C)C)C(C)C. The lowest BCUT2D eigenvalue weighted by molar-refractivity contribution is -0.154. The highest BCUT2D eigenvalue weighted by Gasteiger charge is 2.50. The molecule has 0 heterocycles. The fraction of sp³-hybridized carbons (Fsp3) is 0.803. The number of aliphatic hydroxyl groups is 2. The summed E-state index contributed by atoms with van der Waals surface area (Å²) in [6.45, 7) is 28.8. The summed E-state index contributed by atoms with van der Waals surface area (Å²) in [6, 6.07) is -6.25. The Morgan fingerprint density at radius 3 is 1.75 bits per heavy atom. The fourth-order valence-corrected chi connectivity index (χ4v) is 12.6. The van der Waals surface area contributed by atoms with Crippen LogP contribution in [0.5, 0.6) is 0 Å². The van der Waals surface area contributed by atoms with Crippen molar-refractivity contribution in [2.45, 2.75) is 246 Å². The van der Waals surface area contributed by atoms with Crippen LogP contribution in [0.3, 0.4) is 0 Å². The van der Waals surface area contributed by atoms with Gasteiger partial charge in [-0.1, -0.05) is 95.2 Å². The van der Waals surface area contributed by atoms with E-state index < -0.39 is 112 Å². The molecule has 0 aliphatic heterocycles. The molecule has 0 radical (unpaired) electrons. The van der Waals surface area contributed by atoms with Crippen LogP contribution in [-0.2, 0) is 47.9 Å². The van der Waals surface area contributed by atoms with E-state index in [4.69, 9.17) is 0 Å². The van der Waals surface area contributed by atoms with E-state index in [2.05, 4.69) is 37.2 Å². The molecule has 1 aliphatic rings. The van der Waals surface area contributed by atoms with E-state index in [0.717, 1.165) is 22.6 Å². The van der Waals surface area contributed by atoms with Crippen LogP contribution in [0.2, 0.25) is 0 Å². The maximum absolute atomic E-state index is 15.4. The van der Waals surface area contributed by atoms with Crippen LogP contribution in [0.25, 0.3) is 0 Å². The monoisotopic (exact) mass is 1320 g/mol. The van der Waals surface area contributed by atoms with Crippen LogP contribution in [0.15, 0.2) is 12.2 Å². The van der Waals surface area contributed by atoms with Crippen molar-refractivity contribution < 1.29 is 63.0 Å². The van der Waals surface area contributed by atoms with Crippen molar-refractivity contribution in [1.29, 1.82) is 0 Å². The summed E-state index contributed by atoms with van der Waals surface area (Å²) >= 11 is 1.17. The van der Waals surface area contributed by atoms with E-state index in [1.54, 1.807) is 27.8 Å². The Bertz CT molecular complexity index is 2470. The van der Waals surface area contributed by atoms with Crippen molar-refractivity contribution in [3.63, 3.8) is 0 Å². The molecule has 0 aromatic rings. The predicted molar refractivity (Wildman–Crippen MR) is 360 cm³/mol. The van der Waals surface area contributed by atoms with Gasteiger partial charge in [-0.25, -0.2) is 4.79 Å². The number of urea groups is 1. The summed E-state index contributed by atoms with van der Waals surface area (Å²) < 4.78 is 0. The topological polar surface area (TPSA) is 329 Å². The van der Waals surface area contributed by atoms with Crippen molar-refractivity contribution in [1.82, 2.24) is 61.7 Å². The minimum atomic E-state index is -2.15. The second kappa shape index (κ2) is 38.6. The summed E-state index contributed by atoms with van der Waals surface area (Å²) in [5.41, 5.74) is -6.24. The molecule has 1 saturated carbocycles. The average molecular weight is 1320 g/mol. The molecule has 1 aliphatic carbocycles. The Morgan fingerprint density at radius 2 is 1.28 bits per heavy atom. The summed E-state index contributed by atoms with van der Waals surface area (Å²) in [5.74, 6) is -5.24. The van der Waals surface area contributed by atoms with E-state index in [-0.39, 0.29) is 85.6 Å². The van der Waals surface area contributed by atoms with Gasteiger partial charge in [-0.15, -0.1) is 11.8 Å². The number of carbonyl (C=O) groups is 11. The summed E-state index contributed by atoms with van der Waals surface area (Å²) in [5, 5.41) is 41.2. The lowest BCUT2D eigenvalue weighted by atomic mass is 9.90. The van der Waals surface area contributed by atoms with Gasteiger partial charge < -0.3 is 66.6 Å². The maximum atomic E-state index is 15.4. The number of carbonyl (C=O) groups excluding carboxylic acids is 11. The number of nitrogens with zero attached hydrogens (tertiary/aromatic N) is 5. The Balaban J connectivity index is 3.62. The second-order valence-electron chi connectivity index (χ2n) is 27.9. The molecule has 0 aromatic heterocycles. The molecule has 92 heavy (non-hydrogen) atoms. The largest absolute Gasteiger partial charge is 0.392 e. The van der Waals surface area contributed by atoms with Crippen LogP contribution in [0.1, 0.15) is 181 Å². The Morgan fingerprint density at radius 1 is 0.707 bits per heavy atom. The van der Waals surface area contributed by atoms with Crippen LogP contribution >= 0.6 is 11.8 Å². The molecule has 0 spiro atoms. The number of aliphatic hydroxyl groups excluding tert-OH is 1. The second-order valence-corrected chi connectivity index (χ2v) is 29.0. The molecule has 10 amide bonds. The smallest absolute Gasteiger partial charge is 0.319 e. The highest BCUT2D eigenvalue weighted by Crippen LogP contribution is 2.40. The lowest BCUT2D eigenvalue weighted by Gasteiger charge is -2.46. The number of thioether (sulfide) groups is 1. The Labute approximate surface area is 554 Å². The molecular formula is C66H120N12O13S. The number of rotatable bonds is 43. The normalized spacial score (nSPS) is 17.3. The Hall–Kier alpha value is -5.70. The number of hydrogen-bond donors (Lipinski definition) is 9. The van der Waals surface area contributed by atoms with E-state index in [1.807, 2.05) is 81.4 Å². The number of aldehydes is 2. The standard InChI is InChI=1S/C66H120N12O13S/c1-23-26-27-46(13)50(81)36-51(82)70-47(24-2)58(87)77(21)61(92-40-65(31-32-65)69-25-3)60(89)78(22)66(39-80,37-63(14,15)91)71-53(43(8)9)59(88)74(18)49(35-42(6)7)56(85)72-64(16,38-79)73-62(90)75(19)48(34-41(4)5)55(84)68-33-30-45(12)28-29-52(83)76(20)54(44(10)11)57(86)67-17/h23,26,38-39,41-50,53-54,61,69,71,81,91H,24-25,27-37,40H2,1-22H3,(H,67,86)(H,68,84)(H,70,82)(H,72,85)(H,73,90). The fourth-order valence-electron chi connectivity index (χ4n) is 11.1. The molecule has 11 unspecified atom stereocenters. The molecule has 9 N–H and O–H groups in total. The molecule has 0 aromatic carbocycles. The summed E-state index contributed by atoms with van der Waals surface area (Å²) in [6.07, 6.45) is 6.60. The van der Waals surface area contributed by atoms with E-state index >= 15 is 9.59 Å². The zero-order valence-corrected chi connectivity index (χ0v) is 60.6. The van der Waals surface area contributed by atoms with Gasteiger partial charge in [0.05, 0.1) is 24.2 Å². The van der Waals surface area contributed by atoms with Gasteiger partial charge in [0, 0.05) is 73.0 Å². The van der Waals surface area contributed by atoms with Gasteiger partial charge in [0.1, 0.15) is 24.2 Å². The first-order valence-corrected chi connectivity index (χ1v) is 34.0. The molecule has 528 valence electrons. The molecule has 26 heteroatoms. The number of amides is 10. The Kier molecular flexibility index (Phi) is 35.4. The first-order chi connectivity index (χ1) is 42.6. The molecule has 25 nitrogen and oxygen atoms in total. The van der Waals surface area contributed by atoms with Crippen molar-refractivity contribution in [2.24, 2.45) is 35.5 Å². The lowest BCUT2D eigenvalue weighted by Crippen LogP contribution is -2.70. The summed E-state index contributed by atoms with van der Waals surface area (Å²) in [7, 11) is 8.70. The molecule has 0 bridgehead atoms. The average Bonchev–Trinajstić information content (AvgIpc) is 1.17. The number of hydrogen-bond acceptors (Lipinski definition) is 16. The number of likely N-dealkylation sites (N-methyl/N-ethyl adjacent to an activating group) is 6. The van der Waals surface area contributed by atoms with Gasteiger partial charge in [-0.05, 0) is 121 Å². The van der Waals surface area contributed by atoms with Gasteiger partial charge in [-0.2, -0.15) is 0 Å². The summed E-state index contributed by atoms with van der Waals surface area (Å²) in [4.78, 5) is 160. The van der Waals surface area contributed by atoms with Crippen LogP contribution in [0.4, 0.5) is 4.79 Å².